The molecule has 200 valence electrons. The Hall–Kier alpha value is -4.14. The van der Waals surface area contributed by atoms with E-state index < -0.39 is 24.0 Å². The van der Waals surface area contributed by atoms with Gasteiger partial charge in [0.2, 0.25) is 5.91 Å². The number of amides is 1. The van der Waals surface area contributed by atoms with Crippen molar-refractivity contribution in [3.63, 3.8) is 0 Å². The Morgan fingerprint density at radius 1 is 1.13 bits per heavy atom. The number of ether oxygens (including phenoxy) is 2. The quantitative estimate of drug-likeness (QED) is 0.356. The SMILES string of the molecule is COC1=CC(/C=C/c2cccc(-c3ccc(C(N)=O)cc3)c2C)C=CC(OC)=C1CNC(C)(CO)C(=O)O. The van der Waals surface area contributed by atoms with Gasteiger partial charge in [0.05, 0.1) is 20.8 Å². The molecule has 8 heteroatoms. The highest BCUT2D eigenvalue weighted by Crippen LogP contribution is 2.29. The lowest BCUT2D eigenvalue weighted by Crippen LogP contribution is -2.53. The number of aliphatic carboxylic acids is 1. The molecular formula is C30H34N2O6. The normalized spacial score (nSPS) is 17.1. The number of nitrogens with two attached hydrogens (primary N) is 1. The average molecular weight is 519 g/mol. The van der Waals surface area contributed by atoms with E-state index in [2.05, 4.69) is 5.32 Å². The molecule has 0 radical (unpaired) electrons. The smallest absolute Gasteiger partial charge is 0.326 e. The summed E-state index contributed by atoms with van der Waals surface area (Å²) in [5.74, 6) is -0.674. The van der Waals surface area contributed by atoms with Crippen molar-refractivity contribution in [1.29, 1.82) is 0 Å². The second-order valence-corrected chi connectivity index (χ2v) is 9.19. The zero-order valence-corrected chi connectivity index (χ0v) is 22.0. The van der Waals surface area contributed by atoms with E-state index in [0.717, 1.165) is 22.3 Å². The number of carboxylic acids is 1. The Kier molecular flexibility index (Phi) is 9.28. The Bertz CT molecular complexity index is 1310. The second kappa shape index (κ2) is 12.4. The summed E-state index contributed by atoms with van der Waals surface area (Å²) in [7, 11) is 3.08. The van der Waals surface area contributed by atoms with Gasteiger partial charge in [0.15, 0.2) is 0 Å². The Balaban J connectivity index is 1.87. The highest BCUT2D eigenvalue weighted by molar-refractivity contribution is 5.93. The molecule has 1 aliphatic carbocycles. The Morgan fingerprint density at radius 3 is 2.42 bits per heavy atom. The van der Waals surface area contributed by atoms with Crippen LogP contribution in [0.5, 0.6) is 0 Å². The molecule has 0 saturated heterocycles. The first-order valence-electron chi connectivity index (χ1n) is 12.1. The number of aliphatic hydroxyl groups is 1. The Labute approximate surface area is 222 Å². The van der Waals surface area contributed by atoms with Crippen LogP contribution < -0.4 is 11.1 Å². The van der Waals surface area contributed by atoms with Crippen LogP contribution in [0.1, 0.15) is 28.4 Å². The number of hydrogen-bond acceptors (Lipinski definition) is 6. The number of primary amides is 1. The molecule has 2 aromatic rings. The van der Waals surface area contributed by atoms with Crippen molar-refractivity contribution in [3.8, 4) is 11.1 Å². The van der Waals surface area contributed by atoms with Gasteiger partial charge in [0.25, 0.3) is 0 Å². The van der Waals surface area contributed by atoms with Gasteiger partial charge in [0.1, 0.15) is 17.1 Å². The molecule has 0 fully saturated rings. The van der Waals surface area contributed by atoms with Crippen LogP contribution >= 0.6 is 0 Å². The first-order valence-corrected chi connectivity index (χ1v) is 12.1. The third-order valence-corrected chi connectivity index (χ3v) is 6.65. The van der Waals surface area contributed by atoms with Crippen LogP contribution in [0.25, 0.3) is 17.2 Å². The van der Waals surface area contributed by atoms with Crippen molar-refractivity contribution in [1.82, 2.24) is 5.32 Å². The number of carbonyl (C=O) groups is 2. The molecule has 0 saturated carbocycles. The molecule has 0 spiro atoms. The minimum atomic E-state index is -1.51. The van der Waals surface area contributed by atoms with E-state index in [1.54, 1.807) is 19.2 Å². The first-order chi connectivity index (χ1) is 18.1. The fourth-order valence-electron chi connectivity index (χ4n) is 4.09. The number of carboxylic acid groups (broad SMARTS) is 1. The molecule has 0 aliphatic heterocycles. The molecule has 38 heavy (non-hydrogen) atoms. The molecule has 1 amide bonds. The number of rotatable bonds is 11. The minimum absolute atomic E-state index is 0.114. The number of nitrogens with one attached hydrogen (secondary N) is 1. The van der Waals surface area contributed by atoms with Gasteiger partial charge >= 0.3 is 5.97 Å². The maximum absolute atomic E-state index is 11.6. The van der Waals surface area contributed by atoms with Crippen molar-refractivity contribution < 1.29 is 29.3 Å². The number of aliphatic hydroxyl groups excluding tert-OH is 1. The van der Waals surface area contributed by atoms with E-state index in [1.165, 1.54) is 14.0 Å². The van der Waals surface area contributed by atoms with Crippen molar-refractivity contribution in [2.75, 3.05) is 27.4 Å². The monoisotopic (exact) mass is 518 g/mol. The third-order valence-electron chi connectivity index (χ3n) is 6.65. The van der Waals surface area contributed by atoms with Crippen LogP contribution in [0.4, 0.5) is 0 Å². The molecule has 5 N–H and O–H groups in total. The summed E-state index contributed by atoms with van der Waals surface area (Å²) in [6.07, 6.45) is 9.80. The van der Waals surface area contributed by atoms with Crippen molar-refractivity contribution in [2.24, 2.45) is 11.7 Å². The number of carbonyl (C=O) groups excluding carboxylic acids is 1. The van der Waals surface area contributed by atoms with E-state index in [4.69, 9.17) is 15.2 Å². The van der Waals surface area contributed by atoms with Crippen LogP contribution in [-0.2, 0) is 14.3 Å². The highest BCUT2D eigenvalue weighted by Gasteiger charge is 2.33. The van der Waals surface area contributed by atoms with Crippen LogP contribution in [0.2, 0.25) is 0 Å². The van der Waals surface area contributed by atoms with E-state index in [9.17, 15) is 19.8 Å². The lowest BCUT2D eigenvalue weighted by molar-refractivity contribution is -0.145. The van der Waals surface area contributed by atoms with Crippen molar-refractivity contribution in [2.45, 2.75) is 19.4 Å². The zero-order valence-electron chi connectivity index (χ0n) is 22.0. The predicted octanol–water partition coefficient (Wildman–Crippen LogP) is 3.82. The summed E-state index contributed by atoms with van der Waals surface area (Å²) < 4.78 is 11.2. The molecule has 1 aliphatic rings. The standard InChI is InChI=1S/C30H34N2O6/c1-19-21(6-5-7-24(19)22-11-13-23(14-12-22)28(31)34)10-8-20-9-15-26(37-3)25(27(16-20)38-4)17-32-30(2,18-33)29(35)36/h5-16,20,32-33H,17-18H2,1-4H3,(H2,31,34)(H,35,36)/b10-8+. The second-order valence-electron chi connectivity index (χ2n) is 9.19. The summed E-state index contributed by atoms with van der Waals surface area (Å²) in [5, 5.41) is 22.0. The van der Waals surface area contributed by atoms with Gasteiger partial charge in [-0.2, -0.15) is 0 Å². The molecule has 0 aromatic heterocycles. The van der Waals surface area contributed by atoms with E-state index in [0.29, 0.717) is 22.7 Å². The topological polar surface area (TPSA) is 131 Å². The fourth-order valence-corrected chi connectivity index (χ4v) is 4.09. The van der Waals surface area contributed by atoms with Gasteiger partial charge in [-0.15, -0.1) is 0 Å². The van der Waals surface area contributed by atoms with Gasteiger partial charge in [-0.3, -0.25) is 14.9 Å². The number of methoxy groups -OCH3 is 2. The van der Waals surface area contributed by atoms with E-state index in [1.807, 2.05) is 67.6 Å². The molecular weight excluding hydrogens is 484 g/mol. The molecule has 8 nitrogen and oxygen atoms in total. The lowest BCUT2D eigenvalue weighted by atomic mass is 9.94. The largest absolute Gasteiger partial charge is 0.497 e. The summed E-state index contributed by atoms with van der Waals surface area (Å²) in [4.78, 5) is 23.0. The fraction of sp³-hybridized carbons (Fsp3) is 0.267. The average Bonchev–Trinajstić information content (AvgIpc) is 3.09. The van der Waals surface area contributed by atoms with Gasteiger partial charge in [0, 0.05) is 23.6 Å². The molecule has 0 heterocycles. The minimum Gasteiger partial charge on any atom is -0.497 e. The molecule has 2 atom stereocenters. The first kappa shape index (κ1) is 28.4. The van der Waals surface area contributed by atoms with Crippen LogP contribution in [0, 0.1) is 12.8 Å². The summed E-state index contributed by atoms with van der Waals surface area (Å²) in [6, 6.07) is 13.3. The number of benzene rings is 2. The zero-order chi connectivity index (χ0) is 27.9. The maximum Gasteiger partial charge on any atom is 0.326 e. The van der Waals surface area contributed by atoms with Crippen LogP contribution in [-0.4, -0.2) is 55.0 Å². The predicted molar refractivity (Wildman–Crippen MR) is 147 cm³/mol. The van der Waals surface area contributed by atoms with Gasteiger partial charge in [-0.1, -0.05) is 48.6 Å². The van der Waals surface area contributed by atoms with E-state index in [-0.39, 0.29) is 12.5 Å². The molecule has 2 unspecified atom stereocenters. The van der Waals surface area contributed by atoms with E-state index >= 15 is 0 Å². The summed E-state index contributed by atoms with van der Waals surface area (Å²) in [6.45, 7) is 3.01. The van der Waals surface area contributed by atoms with Gasteiger partial charge in [-0.05, 0) is 60.4 Å². The third kappa shape index (κ3) is 6.40. The van der Waals surface area contributed by atoms with Gasteiger partial charge in [-0.25, -0.2) is 0 Å². The van der Waals surface area contributed by atoms with Crippen molar-refractivity contribution in [3.05, 3.63) is 101 Å². The summed E-state index contributed by atoms with van der Waals surface area (Å²) >= 11 is 0. The lowest BCUT2D eigenvalue weighted by Gasteiger charge is -2.25. The molecule has 3 rings (SSSR count). The molecule has 2 aromatic carbocycles. The summed E-state index contributed by atoms with van der Waals surface area (Å²) in [5.41, 5.74) is 9.11. The Morgan fingerprint density at radius 2 is 1.84 bits per heavy atom. The van der Waals surface area contributed by atoms with Crippen LogP contribution in [0.3, 0.4) is 0 Å². The maximum atomic E-state index is 11.6. The molecule has 0 bridgehead atoms. The number of hydrogen-bond donors (Lipinski definition) is 4. The highest BCUT2D eigenvalue weighted by atomic mass is 16.5. The van der Waals surface area contributed by atoms with Crippen LogP contribution in [0.15, 0.2) is 83.9 Å². The van der Waals surface area contributed by atoms with Gasteiger partial charge < -0.3 is 25.4 Å². The number of allylic oxidation sites excluding steroid dienone is 4. The van der Waals surface area contributed by atoms with Crippen molar-refractivity contribution >= 4 is 18.0 Å².